The van der Waals surface area contributed by atoms with Crippen molar-refractivity contribution in [1.29, 1.82) is 0 Å². The number of hydrogen-bond acceptors (Lipinski definition) is 4. The molecule has 0 amide bonds. The van der Waals surface area contributed by atoms with E-state index in [1.807, 2.05) is 0 Å². The molecule has 4 nitrogen and oxygen atoms in total. The van der Waals surface area contributed by atoms with Crippen molar-refractivity contribution < 1.29 is 9.53 Å². The molecule has 1 saturated carbocycles. The van der Waals surface area contributed by atoms with Crippen LogP contribution in [0.1, 0.15) is 44.1 Å². The van der Waals surface area contributed by atoms with Crippen molar-refractivity contribution in [3.8, 4) is 0 Å². The van der Waals surface area contributed by atoms with Crippen molar-refractivity contribution in [1.82, 2.24) is 4.90 Å². The molecule has 4 rings (SSSR count). The van der Waals surface area contributed by atoms with Crippen molar-refractivity contribution in [2.75, 3.05) is 37.6 Å². The fourth-order valence-electron chi connectivity index (χ4n) is 4.77. The number of hydrogen-bond donors (Lipinski definition) is 0. The Hall–Kier alpha value is -1.55. The first-order valence-electron chi connectivity index (χ1n) is 9.90. The van der Waals surface area contributed by atoms with Crippen molar-refractivity contribution in [3.63, 3.8) is 0 Å². The Balaban J connectivity index is 1.23. The molecule has 1 atom stereocenters. The predicted molar refractivity (Wildman–Crippen MR) is 99.8 cm³/mol. The minimum atomic E-state index is -0.102. The van der Waals surface area contributed by atoms with Gasteiger partial charge in [0.25, 0.3) is 0 Å². The number of esters is 1. The molecule has 2 aliphatic heterocycles. The Kier molecular flexibility index (Phi) is 4.72. The van der Waals surface area contributed by atoms with Gasteiger partial charge in [-0.2, -0.15) is 0 Å². The fourth-order valence-corrected chi connectivity index (χ4v) is 4.77. The SMILES string of the molecule is Cc1ccc(N2CCN(CCC3CC4(CCCC4)C(=O)O3)CC2)cc1. The highest BCUT2D eigenvalue weighted by Crippen LogP contribution is 2.48. The number of nitrogens with zero attached hydrogens (tertiary/aromatic N) is 2. The monoisotopic (exact) mass is 342 g/mol. The van der Waals surface area contributed by atoms with E-state index in [9.17, 15) is 4.79 Å². The first kappa shape index (κ1) is 16.9. The third-order valence-electron chi connectivity index (χ3n) is 6.42. The van der Waals surface area contributed by atoms with Gasteiger partial charge in [-0.1, -0.05) is 30.5 Å². The van der Waals surface area contributed by atoms with Gasteiger partial charge in [0.15, 0.2) is 0 Å². The average molecular weight is 342 g/mol. The van der Waals surface area contributed by atoms with Crippen LogP contribution in [-0.2, 0) is 9.53 Å². The lowest BCUT2D eigenvalue weighted by molar-refractivity contribution is -0.148. The molecule has 2 heterocycles. The molecule has 2 saturated heterocycles. The normalized spacial score (nSPS) is 26.4. The zero-order valence-electron chi connectivity index (χ0n) is 15.4. The van der Waals surface area contributed by atoms with Gasteiger partial charge in [0.2, 0.25) is 0 Å². The van der Waals surface area contributed by atoms with Crippen molar-refractivity contribution in [3.05, 3.63) is 29.8 Å². The third kappa shape index (κ3) is 3.55. The van der Waals surface area contributed by atoms with Crippen LogP contribution in [0.2, 0.25) is 0 Å². The molecule has 1 aromatic carbocycles. The van der Waals surface area contributed by atoms with Gasteiger partial charge in [0.1, 0.15) is 6.10 Å². The minimum Gasteiger partial charge on any atom is -0.462 e. The lowest BCUT2D eigenvalue weighted by atomic mass is 9.83. The molecule has 0 radical (unpaired) electrons. The Morgan fingerprint density at radius 3 is 2.44 bits per heavy atom. The van der Waals surface area contributed by atoms with E-state index in [2.05, 4.69) is 41.0 Å². The fraction of sp³-hybridized carbons (Fsp3) is 0.667. The summed E-state index contributed by atoms with van der Waals surface area (Å²) in [5, 5.41) is 0. The summed E-state index contributed by atoms with van der Waals surface area (Å²) in [7, 11) is 0. The van der Waals surface area contributed by atoms with Gasteiger partial charge in [-0.3, -0.25) is 9.69 Å². The molecule has 3 fully saturated rings. The number of rotatable bonds is 4. The van der Waals surface area contributed by atoms with Gasteiger partial charge < -0.3 is 9.64 Å². The van der Waals surface area contributed by atoms with E-state index in [4.69, 9.17) is 4.74 Å². The van der Waals surface area contributed by atoms with Crippen LogP contribution in [0.3, 0.4) is 0 Å². The van der Waals surface area contributed by atoms with Gasteiger partial charge >= 0.3 is 5.97 Å². The topological polar surface area (TPSA) is 32.8 Å². The number of aryl methyl sites for hydroxylation is 1. The molecular weight excluding hydrogens is 312 g/mol. The standard InChI is InChI=1S/C21H30N2O2/c1-17-4-6-18(7-5-17)23-14-12-22(13-15-23)11-8-19-16-21(20(24)25-19)9-2-3-10-21/h4-7,19H,2-3,8-16H2,1H3. The van der Waals surface area contributed by atoms with E-state index in [1.54, 1.807) is 0 Å². The summed E-state index contributed by atoms with van der Waals surface area (Å²) < 4.78 is 5.72. The second-order valence-corrected chi connectivity index (χ2v) is 8.17. The number of carbonyl (C=O) groups is 1. The van der Waals surface area contributed by atoms with Crippen LogP contribution in [0.25, 0.3) is 0 Å². The van der Waals surface area contributed by atoms with E-state index < -0.39 is 0 Å². The highest BCUT2D eigenvalue weighted by Gasteiger charge is 2.50. The summed E-state index contributed by atoms with van der Waals surface area (Å²) in [5.41, 5.74) is 2.54. The lowest BCUT2D eigenvalue weighted by Crippen LogP contribution is -2.47. The average Bonchev–Trinajstić information content (AvgIpc) is 3.22. The Morgan fingerprint density at radius 1 is 1.08 bits per heavy atom. The van der Waals surface area contributed by atoms with E-state index >= 15 is 0 Å². The number of ether oxygens (including phenoxy) is 1. The molecule has 0 aromatic heterocycles. The summed E-state index contributed by atoms with van der Waals surface area (Å²) >= 11 is 0. The van der Waals surface area contributed by atoms with Crippen LogP contribution in [0.4, 0.5) is 5.69 Å². The van der Waals surface area contributed by atoms with E-state index in [0.717, 1.165) is 58.4 Å². The maximum absolute atomic E-state index is 12.2. The predicted octanol–water partition coefficient (Wildman–Crippen LogP) is 3.38. The third-order valence-corrected chi connectivity index (χ3v) is 6.42. The molecule has 25 heavy (non-hydrogen) atoms. The number of carbonyl (C=O) groups excluding carboxylic acids is 1. The van der Waals surface area contributed by atoms with Crippen LogP contribution < -0.4 is 4.90 Å². The number of cyclic esters (lactones) is 1. The first-order chi connectivity index (χ1) is 12.1. The number of benzene rings is 1. The zero-order chi connectivity index (χ0) is 17.3. The Bertz CT molecular complexity index is 599. The summed E-state index contributed by atoms with van der Waals surface area (Å²) in [5.74, 6) is 0.0965. The maximum Gasteiger partial charge on any atom is 0.312 e. The van der Waals surface area contributed by atoms with Crippen LogP contribution in [0.5, 0.6) is 0 Å². The van der Waals surface area contributed by atoms with Crippen LogP contribution in [-0.4, -0.2) is 49.7 Å². The van der Waals surface area contributed by atoms with E-state index in [1.165, 1.54) is 24.1 Å². The second kappa shape index (κ2) is 6.99. The van der Waals surface area contributed by atoms with Crippen molar-refractivity contribution >= 4 is 11.7 Å². The maximum atomic E-state index is 12.2. The van der Waals surface area contributed by atoms with Crippen LogP contribution >= 0.6 is 0 Å². The number of piperazine rings is 1. The minimum absolute atomic E-state index is 0.0965. The van der Waals surface area contributed by atoms with Crippen LogP contribution in [0, 0.1) is 12.3 Å². The molecule has 1 spiro atoms. The Labute approximate surface area is 151 Å². The lowest BCUT2D eigenvalue weighted by Gasteiger charge is -2.36. The van der Waals surface area contributed by atoms with Crippen molar-refractivity contribution in [2.45, 2.75) is 51.6 Å². The van der Waals surface area contributed by atoms with Gasteiger partial charge in [-0.25, -0.2) is 0 Å². The highest BCUT2D eigenvalue weighted by molar-refractivity contribution is 5.79. The molecule has 0 N–H and O–H groups in total. The molecule has 4 heteroatoms. The van der Waals surface area contributed by atoms with Gasteiger partial charge in [-0.05, 0) is 38.3 Å². The van der Waals surface area contributed by atoms with Crippen molar-refractivity contribution in [2.24, 2.45) is 5.41 Å². The summed E-state index contributed by atoms with van der Waals surface area (Å²) in [6, 6.07) is 8.83. The van der Waals surface area contributed by atoms with Gasteiger partial charge in [0, 0.05) is 44.8 Å². The summed E-state index contributed by atoms with van der Waals surface area (Å²) in [6.07, 6.45) is 6.62. The quantitative estimate of drug-likeness (QED) is 0.785. The summed E-state index contributed by atoms with van der Waals surface area (Å²) in [6.45, 7) is 7.54. The molecule has 3 aliphatic rings. The van der Waals surface area contributed by atoms with Gasteiger partial charge in [0.05, 0.1) is 5.41 Å². The molecule has 1 aromatic rings. The highest BCUT2D eigenvalue weighted by atomic mass is 16.6. The molecule has 1 aliphatic carbocycles. The smallest absolute Gasteiger partial charge is 0.312 e. The van der Waals surface area contributed by atoms with Crippen LogP contribution in [0.15, 0.2) is 24.3 Å². The zero-order valence-corrected chi connectivity index (χ0v) is 15.4. The first-order valence-corrected chi connectivity index (χ1v) is 9.90. The van der Waals surface area contributed by atoms with Gasteiger partial charge in [-0.15, -0.1) is 0 Å². The Morgan fingerprint density at radius 2 is 1.76 bits per heavy atom. The molecular formula is C21H30N2O2. The summed E-state index contributed by atoms with van der Waals surface area (Å²) in [4.78, 5) is 17.2. The van der Waals surface area contributed by atoms with E-state index in [-0.39, 0.29) is 17.5 Å². The molecule has 0 bridgehead atoms. The second-order valence-electron chi connectivity index (χ2n) is 8.17. The van der Waals surface area contributed by atoms with E-state index in [0.29, 0.717) is 0 Å². The number of anilines is 1. The largest absolute Gasteiger partial charge is 0.462 e. The molecule has 136 valence electrons. The molecule has 1 unspecified atom stereocenters.